The quantitative estimate of drug-likeness (QED) is 0.500. The molecule has 1 amide bonds. The monoisotopic (exact) mass is 357 g/mol. The Balaban J connectivity index is 1.62. The lowest BCUT2D eigenvalue weighted by Gasteiger charge is -2.04. The van der Waals surface area contributed by atoms with Crippen LogP contribution in [0.3, 0.4) is 0 Å². The lowest BCUT2D eigenvalue weighted by molar-refractivity contribution is 0.0307. The number of amides is 1. The number of rotatable bonds is 5. The number of hydrogen-bond acceptors (Lipinski definition) is 2. The minimum absolute atomic E-state index is 0.247. The lowest BCUT2D eigenvalue weighted by Crippen LogP contribution is -2.24. The highest BCUT2D eigenvalue weighted by Crippen LogP contribution is 2.10. The predicted molar refractivity (Wildman–Crippen MR) is 90.1 cm³/mol. The van der Waals surface area contributed by atoms with Crippen molar-refractivity contribution in [1.29, 1.82) is 0 Å². The van der Waals surface area contributed by atoms with Crippen LogP contribution < -0.4 is 5.48 Å². The van der Waals surface area contributed by atoms with Gasteiger partial charge in [0.05, 0.1) is 6.61 Å². The fourth-order valence-electron chi connectivity index (χ4n) is 1.70. The summed E-state index contributed by atoms with van der Waals surface area (Å²) in [4.78, 5) is 16.9. The first-order valence-corrected chi connectivity index (χ1v) is 7.76. The van der Waals surface area contributed by atoms with E-state index in [0.29, 0.717) is 12.2 Å². The van der Waals surface area contributed by atoms with E-state index in [9.17, 15) is 4.79 Å². The summed E-state index contributed by atoms with van der Waals surface area (Å²) < 4.78 is 0.932. The van der Waals surface area contributed by atoms with Crippen LogP contribution in [0.4, 0.5) is 0 Å². The fourth-order valence-corrected chi connectivity index (χ4v) is 1.96. The van der Waals surface area contributed by atoms with Crippen molar-refractivity contribution in [3.05, 3.63) is 70.2 Å². The summed E-state index contributed by atoms with van der Waals surface area (Å²) in [5.74, 6) is 5.91. The molecule has 2 rings (SSSR count). The maximum atomic E-state index is 11.8. The molecule has 112 valence electrons. The standard InChI is InChI=1S/C18H16BrNO2/c19-17-12-10-16(11-13-17)18(21)20-22-14-6-2-5-9-15-7-3-1-4-8-15/h1,3-4,7-8,10-13H,2,6,14H2,(H,20,21). The second-order valence-electron chi connectivity index (χ2n) is 4.56. The maximum absolute atomic E-state index is 11.8. The first-order valence-electron chi connectivity index (χ1n) is 6.97. The van der Waals surface area contributed by atoms with Crippen molar-refractivity contribution in [2.45, 2.75) is 12.8 Å². The van der Waals surface area contributed by atoms with Gasteiger partial charge < -0.3 is 0 Å². The van der Waals surface area contributed by atoms with E-state index in [4.69, 9.17) is 4.84 Å². The van der Waals surface area contributed by atoms with Gasteiger partial charge in [0, 0.05) is 22.0 Å². The number of unbranched alkanes of at least 4 members (excludes halogenated alkanes) is 1. The number of carbonyl (C=O) groups excluding carboxylic acids is 1. The van der Waals surface area contributed by atoms with Crippen LogP contribution in [-0.2, 0) is 4.84 Å². The number of benzene rings is 2. The molecule has 0 aliphatic carbocycles. The number of carbonyl (C=O) groups is 1. The van der Waals surface area contributed by atoms with Crippen LogP contribution in [-0.4, -0.2) is 12.5 Å². The average Bonchev–Trinajstić information content (AvgIpc) is 2.55. The van der Waals surface area contributed by atoms with Gasteiger partial charge >= 0.3 is 0 Å². The van der Waals surface area contributed by atoms with Gasteiger partial charge in [0.2, 0.25) is 0 Å². The van der Waals surface area contributed by atoms with Gasteiger partial charge in [-0.2, -0.15) is 0 Å². The molecule has 0 fully saturated rings. The van der Waals surface area contributed by atoms with Gasteiger partial charge in [-0.25, -0.2) is 5.48 Å². The second-order valence-corrected chi connectivity index (χ2v) is 5.47. The molecule has 1 N–H and O–H groups in total. The summed E-state index contributed by atoms with van der Waals surface area (Å²) in [7, 11) is 0. The minimum Gasteiger partial charge on any atom is -0.273 e. The summed E-state index contributed by atoms with van der Waals surface area (Å²) in [5, 5.41) is 0. The first-order chi connectivity index (χ1) is 10.8. The Kier molecular flexibility index (Phi) is 6.69. The van der Waals surface area contributed by atoms with Gasteiger partial charge in [0.25, 0.3) is 5.91 Å². The molecule has 0 aromatic heterocycles. The fraction of sp³-hybridized carbons (Fsp3) is 0.167. The van der Waals surface area contributed by atoms with Crippen LogP contribution >= 0.6 is 15.9 Å². The zero-order chi connectivity index (χ0) is 15.6. The predicted octanol–water partition coefficient (Wildman–Crippen LogP) is 3.94. The Labute approximate surface area is 138 Å². The summed E-state index contributed by atoms with van der Waals surface area (Å²) in [5.41, 5.74) is 3.99. The van der Waals surface area contributed by atoms with E-state index >= 15 is 0 Å². The van der Waals surface area contributed by atoms with Gasteiger partial charge in [-0.3, -0.25) is 9.63 Å². The highest BCUT2D eigenvalue weighted by atomic mass is 79.9. The molecule has 0 heterocycles. The largest absolute Gasteiger partial charge is 0.274 e. The van der Waals surface area contributed by atoms with E-state index in [2.05, 4.69) is 33.3 Å². The van der Waals surface area contributed by atoms with Crippen LogP contribution in [0.5, 0.6) is 0 Å². The zero-order valence-corrected chi connectivity index (χ0v) is 13.6. The molecule has 0 spiro atoms. The molecule has 4 heteroatoms. The second kappa shape index (κ2) is 9.04. The summed E-state index contributed by atoms with van der Waals surface area (Å²) in [6.07, 6.45) is 1.49. The molecule has 22 heavy (non-hydrogen) atoms. The SMILES string of the molecule is O=C(NOCCCC#Cc1ccccc1)c1ccc(Br)cc1. The van der Waals surface area contributed by atoms with Gasteiger partial charge in [-0.05, 0) is 42.8 Å². The summed E-state index contributed by atoms with van der Waals surface area (Å²) in [6.45, 7) is 0.436. The molecular formula is C18H16BrNO2. The average molecular weight is 358 g/mol. The first kappa shape index (κ1) is 16.3. The maximum Gasteiger partial charge on any atom is 0.274 e. The number of nitrogens with one attached hydrogen (secondary N) is 1. The van der Waals surface area contributed by atoms with Crippen molar-refractivity contribution >= 4 is 21.8 Å². The molecule has 0 saturated carbocycles. The smallest absolute Gasteiger partial charge is 0.273 e. The van der Waals surface area contributed by atoms with Crippen LogP contribution in [0, 0.1) is 11.8 Å². The molecule has 0 aliphatic heterocycles. The number of halogens is 1. The lowest BCUT2D eigenvalue weighted by atomic mass is 10.2. The Morgan fingerprint density at radius 2 is 1.82 bits per heavy atom. The van der Waals surface area contributed by atoms with E-state index in [0.717, 1.165) is 22.9 Å². The normalized spacial score (nSPS) is 9.68. The van der Waals surface area contributed by atoms with Crippen LogP contribution in [0.25, 0.3) is 0 Å². The Bertz CT molecular complexity index is 657. The minimum atomic E-state index is -0.247. The third-order valence-corrected chi connectivity index (χ3v) is 3.35. The van der Waals surface area contributed by atoms with Crippen LogP contribution in [0.15, 0.2) is 59.1 Å². The molecule has 0 aliphatic rings. The van der Waals surface area contributed by atoms with E-state index < -0.39 is 0 Å². The summed E-state index contributed by atoms with van der Waals surface area (Å²) >= 11 is 3.32. The van der Waals surface area contributed by atoms with Crippen LogP contribution in [0.2, 0.25) is 0 Å². The van der Waals surface area contributed by atoms with Crippen molar-refractivity contribution in [3.8, 4) is 11.8 Å². The highest BCUT2D eigenvalue weighted by Gasteiger charge is 2.04. The molecule has 0 unspecified atom stereocenters. The third kappa shape index (κ3) is 5.72. The molecule has 0 saturated heterocycles. The van der Waals surface area contributed by atoms with Gasteiger partial charge in [0.1, 0.15) is 0 Å². The van der Waals surface area contributed by atoms with E-state index in [1.807, 2.05) is 42.5 Å². The van der Waals surface area contributed by atoms with E-state index in [1.54, 1.807) is 12.1 Å². The van der Waals surface area contributed by atoms with Crippen molar-refractivity contribution in [2.75, 3.05) is 6.61 Å². The van der Waals surface area contributed by atoms with Crippen LogP contribution in [0.1, 0.15) is 28.8 Å². The molecule has 2 aromatic carbocycles. The number of hydroxylamine groups is 1. The van der Waals surface area contributed by atoms with E-state index in [-0.39, 0.29) is 5.91 Å². The molecule has 2 aromatic rings. The highest BCUT2D eigenvalue weighted by molar-refractivity contribution is 9.10. The molecule has 0 bridgehead atoms. The van der Waals surface area contributed by atoms with Crippen molar-refractivity contribution in [2.24, 2.45) is 0 Å². The molecule has 3 nitrogen and oxygen atoms in total. The van der Waals surface area contributed by atoms with Gasteiger partial charge in [-0.1, -0.05) is 46.0 Å². The molecule has 0 radical (unpaired) electrons. The molecular weight excluding hydrogens is 342 g/mol. The number of hydrogen-bond donors (Lipinski definition) is 1. The Morgan fingerprint density at radius 1 is 1.09 bits per heavy atom. The Hall–Kier alpha value is -2.09. The summed E-state index contributed by atoms with van der Waals surface area (Å²) in [6, 6.07) is 16.9. The van der Waals surface area contributed by atoms with Crippen molar-refractivity contribution in [1.82, 2.24) is 5.48 Å². The van der Waals surface area contributed by atoms with Crippen molar-refractivity contribution in [3.63, 3.8) is 0 Å². The molecule has 0 atom stereocenters. The topological polar surface area (TPSA) is 38.3 Å². The van der Waals surface area contributed by atoms with Gasteiger partial charge in [0.15, 0.2) is 0 Å². The van der Waals surface area contributed by atoms with Crippen molar-refractivity contribution < 1.29 is 9.63 Å². The van der Waals surface area contributed by atoms with E-state index in [1.165, 1.54) is 0 Å². The zero-order valence-electron chi connectivity index (χ0n) is 12.0. The van der Waals surface area contributed by atoms with Gasteiger partial charge in [-0.15, -0.1) is 0 Å². The third-order valence-electron chi connectivity index (χ3n) is 2.83. The Morgan fingerprint density at radius 3 is 2.55 bits per heavy atom.